The average Bonchev–Trinajstić information content (AvgIpc) is 3.36. The molecule has 9 heteroatoms. The molecule has 1 heterocycles. The molecule has 0 aliphatic carbocycles. The number of carboxylic acid groups (broad SMARTS) is 1. The minimum Gasteiger partial charge on any atom is -0.480 e. The molecular weight excluding hydrogens is 514 g/mol. The summed E-state index contributed by atoms with van der Waals surface area (Å²) in [4.78, 5) is 31.3. The van der Waals surface area contributed by atoms with Crippen LogP contribution in [0.1, 0.15) is 65.9 Å². The maximum absolute atomic E-state index is 13.3. The van der Waals surface area contributed by atoms with E-state index in [0.717, 1.165) is 33.8 Å². The summed E-state index contributed by atoms with van der Waals surface area (Å²) < 4.78 is 12.3. The number of aryl methyl sites for hydroxylation is 1. The number of amides is 1. The maximum Gasteiger partial charge on any atom is 0.326 e. The normalized spacial score (nSPS) is 12.9. The lowest BCUT2D eigenvalue weighted by Gasteiger charge is -2.19. The van der Waals surface area contributed by atoms with Gasteiger partial charge in [-0.05, 0) is 67.6 Å². The Balaban J connectivity index is 1.88. The van der Waals surface area contributed by atoms with Crippen molar-refractivity contribution in [2.45, 2.75) is 58.9 Å². The molecule has 1 aromatic heterocycles. The summed E-state index contributed by atoms with van der Waals surface area (Å²) in [5.41, 5.74) is 3.98. The SMILES string of the molecule is CCC[C@H](NC(=O)c1ccc(CO[C@@H](CSCC)c2cnc(CN(C)C)o2)cc1-c1ccccc1C)C(=O)O. The van der Waals surface area contributed by atoms with Gasteiger partial charge < -0.3 is 24.5 Å². The zero-order valence-electron chi connectivity index (χ0n) is 23.4. The number of rotatable bonds is 15. The number of carbonyl (C=O) groups excluding carboxylic acids is 1. The molecule has 2 N–H and O–H groups in total. The van der Waals surface area contributed by atoms with Crippen molar-refractivity contribution in [1.82, 2.24) is 15.2 Å². The summed E-state index contributed by atoms with van der Waals surface area (Å²) in [6, 6.07) is 12.5. The van der Waals surface area contributed by atoms with E-state index in [1.165, 1.54) is 0 Å². The molecule has 0 saturated heterocycles. The number of hydrogen-bond donors (Lipinski definition) is 2. The van der Waals surface area contributed by atoms with Crippen LogP contribution in [0.15, 0.2) is 53.1 Å². The highest BCUT2D eigenvalue weighted by atomic mass is 32.2. The number of thioether (sulfide) groups is 1. The second kappa shape index (κ2) is 14.9. The summed E-state index contributed by atoms with van der Waals surface area (Å²) in [7, 11) is 3.93. The van der Waals surface area contributed by atoms with Gasteiger partial charge in [-0.1, -0.05) is 50.6 Å². The fraction of sp³-hybridized carbons (Fsp3) is 0.433. The van der Waals surface area contributed by atoms with E-state index in [1.54, 1.807) is 24.0 Å². The molecule has 39 heavy (non-hydrogen) atoms. The maximum atomic E-state index is 13.3. The van der Waals surface area contributed by atoms with Crippen LogP contribution in [0.5, 0.6) is 0 Å². The van der Waals surface area contributed by atoms with Crippen molar-refractivity contribution in [2.24, 2.45) is 0 Å². The molecule has 2 atom stereocenters. The molecule has 0 saturated carbocycles. The molecule has 3 rings (SSSR count). The van der Waals surface area contributed by atoms with Crippen LogP contribution < -0.4 is 5.32 Å². The van der Waals surface area contributed by atoms with Gasteiger partial charge in [-0.15, -0.1) is 0 Å². The Morgan fingerprint density at radius 1 is 1.15 bits per heavy atom. The summed E-state index contributed by atoms with van der Waals surface area (Å²) in [5.74, 6) is 1.57. The molecular formula is C30H39N3O5S. The lowest BCUT2D eigenvalue weighted by Crippen LogP contribution is -2.40. The first kappa shape index (κ1) is 30.4. The standard InChI is InChI=1S/C30H39N3O5S/c1-6-10-25(30(35)36)32-29(34)23-14-13-21(15-24(23)22-12-9-8-11-20(22)3)18-37-27(19-39-7-2)26-16-31-28(38-26)17-33(4)5/h8-9,11-16,25,27H,6-7,10,17-19H2,1-5H3,(H,32,34)(H,35,36)/t25-,27-/m0/s1. The third-order valence-electron chi connectivity index (χ3n) is 6.21. The molecule has 0 fully saturated rings. The quantitative estimate of drug-likeness (QED) is 0.247. The average molecular weight is 554 g/mol. The first-order valence-corrected chi connectivity index (χ1v) is 14.4. The Hall–Kier alpha value is -3.14. The smallest absolute Gasteiger partial charge is 0.326 e. The number of ether oxygens (including phenoxy) is 1. The van der Waals surface area contributed by atoms with Crippen LogP contribution in [0, 0.1) is 6.92 Å². The van der Waals surface area contributed by atoms with E-state index in [0.29, 0.717) is 43.2 Å². The summed E-state index contributed by atoms with van der Waals surface area (Å²) in [6.45, 7) is 6.91. The van der Waals surface area contributed by atoms with Crippen LogP contribution in [-0.2, 0) is 22.7 Å². The van der Waals surface area contributed by atoms with E-state index < -0.39 is 17.9 Å². The number of hydrogen-bond acceptors (Lipinski definition) is 7. The van der Waals surface area contributed by atoms with Crippen molar-refractivity contribution < 1.29 is 23.8 Å². The fourth-order valence-electron chi connectivity index (χ4n) is 4.21. The first-order valence-electron chi connectivity index (χ1n) is 13.2. The van der Waals surface area contributed by atoms with E-state index in [9.17, 15) is 14.7 Å². The molecule has 8 nitrogen and oxygen atoms in total. The number of carboxylic acids is 1. The number of benzene rings is 2. The molecule has 0 aliphatic rings. The van der Waals surface area contributed by atoms with Crippen LogP contribution in [0.25, 0.3) is 11.1 Å². The van der Waals surface area contributed by atoms with E-state index in [-0.39, 0.29) is 6.10 Å². The molecule has 2 aromatic carbocycles. The number of aliphatic carboxylic acids is 1. The van der Waals surface area contributed by atoms with Crippen molar-refractivity contribution >= 4 is 23.6 Å². The number of nitrogens with one attached hydrogen (secondary N) is 1. The third kappa shape index (κ3) is 8.68. The predicted molar refractivity (Wildman–Crippen MR) is 155 cm³/mol. The van der Waals surface area contributed by atoms with E-state index >= 15 is 0 Å². The van der Waals surface area contributed by atoms with Gasteiger partial charge in [0.15, 0.2) is 5.76 Å². The summed E-state index contributed by atoms with van der Waals surface area (Å²) in [5, 5.41) is 12.2. The zero-order valence-corrected chi connectivity index (χ0v) is 24.2. The molecule has 0 radical (unpaired) electrons. The predicted octanol–water partition coefficient (Wildman–Crippen LogP) is 5.71. The molecule has 0 unspecified atom stereocenters. The van der Waals surface area contributed by atoms with E-state index in [1.807, 2.05) is 69.2 Å². The van der Waals surface area contributed by atoms with Gasteiger partial charge in [0, 0.05) is 11.3 Å². The minimum absolute atomic E-state index is 0.270. The lowest BCUT2D eigenvalue weighted by molar-refractivity contribution is -0.139. The number of carbonyl (C=O) groups is 2. The van der Waals surface area contributed by atoms with Gasteiger partial charge in [0.2, 0.25) is 5.89 Å². The van der Waals surface area contributed by atoms with Crippen LogP contribution >= 0.6 is 11.8 Å². The van der Waals surface area contributed by atoms with Gasteiger partial charge in [0.05, 0.1) is 19.3 Å². The summed E-state index contributed by atoms with van der Waals surface area (Å²) >= 11 is 1.77. The topological polar surface area (TPSA) is 105 Å². The van der Waals surface area contributed by atoms with Gasteiger partial charge in [0.25, 0.3) is 5.91 Å². The molecule has 0 spiro atoms. The first-order chi connectivity index (χ1) is 18.7. The van der Waals surface area contributed by atoms with E-state index in [2.05, 4.69) is 17.2 Å². The Morgan fingerprint density at radius 2 is 1.92 bits per heavy atom. The van der Waals surface area contributed by atoms with Gasteiger partial charge in [-0.2, -0.15) is 11.8 Å². The van der Waals surface area contributed by atoms with Gasteiger partial charge in [-0.25, -0.2) is 9.78 Å². The highest BCUT2D eigenvalue weighted by Gasteiger charge is 2.23. The Morgan fingerprint density at radius 3 is 2.59 bits per heavy atom. The van der Waals surface area contributed by atoms with Crippen LogP contribution in [-0.4, -0.2) is 58.5 Å². The van der Waals surface area contributed by atoms with Crippen LogP contribution in [0.2, 0.25) is 0 Å². The molecule has 1 amide bonds. The minimum atomic E-state index is -1.04. The lowest BCUT2D eigenvalue weighted by atomic mass is 9.93. The van der Waals surface area contributed by atoms with Crippen LogP contribution in [0.3, 0.4) is 0 Å². The van der Waals surface area contributed by atoms with Crippen molar-refractivity contribution in [3.05, 3.63) is 77.0 Å². The largest absolute Gasteiger partial charge is 0.480 e. The molecule has 0 bridgehead atoms. The second-order valence-electron chi connectivity index (χ2n) is 9.70. The van der Waals surface area contributed by atoms with Gasteiger partial charge in [0.1, 0.15) is 12.1 Å². The molecule has 3 aromatic rings. The van der Waals surface area contributed by atoms with Crippen molar-refractivity contribution in [3.8, 4) is 11.1 Å². The second-order valence-corrected chi connectivity index (χ2v) is 11.0. The zero-order chi connectivity index (χ0) is 28.4. The Kier molecular flexibility index (Phi) is 11.6. The van der Waals surface area contributed by atoms with Crippen molar-refractivity contribution in [2.75, 3.05) is 25.6 Å². The number of oxazole rings is 1. The van der Waals surface area contributed by atoms with Gasteiger partial charge >= 0.3 is 5.97 Å². The molecule has 0 aliphatic heterocycles. The highest BCUT2D eigenvalue weighted by molar-refractivity contribution is 7.99. The van der Waals surface area contributed by atoms with Crippen LogP contribution in [0.4, 0.5) is 0 Å². The number of aromatic nitrogens is 1. The fourth-order valence-corrected chi connectivity index (χ4v) is 4.92. The highest BCUT2D eigenvalue weighted by Crippen LogP contribution is 2.30. The van der Waals surface area contributed by atoms with Gasteiger partial charge in [-0.3, -0.25) is 4.79 Å². The monoisotopic (exact) mass is 553 g/mol. The van der Waals surface area contributed by atoms with Crippen molar-refractivity contribution in [3.63, 3.8) is 0 Å². The number of nitrogens with zero attached hydrogens (tertiary/aromatic N) is 2. The van der Waals surface area contributed by atoms with Crippen molar-refractivity contribution in [1.29, 1.82) is 0 Å². The Labute approximate surface area is 235 Å². The molecule has 210 valence electrons. The van der Waals surface area contributed by atoms with E-state index in [4.69, 9.17) is 9.15 Å². The summed E-state index contributed by atoms with van der Waals surface area (Å²) in [6.07, 6.45) is 2.48. The Bertz CT molecular complexity index is 1240. The third-order valence-corrected chi connectivity index (χ3v) is 7.16.